The van der Waals surface area contributed by atoms with Crippen LogP contribution in [0.4, 0.5) is 24.5 Å². The number of nitrogens with one attached hydrogen (secondary N) is 3. The lowest BCUT2D eigenvalue weighted by Gasteiger charge is -2.11. The third-order valence-corrected chi connectivity index (χ3v) is 3.85. The number of hydrogen-bond donors (Lipinski definition) is 3. The number of anilines is 1. The maximum atomic E-state index is 12.7. The molecule has 0 heterocycles. The number of nitro benzene ring substituents is 1. The van der Waals surface area contributed by atoms with Crippen molar-refractivity contribution in [3.63, 3.8) is 0 Å². The van der Waals surface area contributed by atoms with Gasteiger partial charge in [0.1, 0.15) is 5.69 Å². The van der Waals surface area contributed by atoms with Crippen LogP contribution < -0.4 is 16.2 Å². The highest BCUT2D eigenvalue weighted by Gasteiger charge is 2.33. The van der Waals surface area contributed by atoms with Crippen LogP contribution in [-0.4, -0.2) is 23.3 Å². The van der Waals surface area contributed by atoms with Gasteiger partial charge in [0, 0.05) is 29.6 Å². The highest BCUT2D eigenvalue weighted by Crippen LogP contribution is 2.34. The number of carbonyl (C=O) groups excluding carboxylic acids is 2. The zero-order valence-electron chi connectivity index (χ0n) is 14.5. The van der Waals surface area contributed by atoms with E-state index < -0.39 is 34.2 Å². The summed E-state index contributed by atoms with van der Waals surface area (Å²) < 4.78 is 38.0. The number of nitro groups is 1. The van der Waals surface area contributed by atoms with Crippen LogP contribution in [0.1, 0.15) is 22.3 Å². The average molecular weight is 431 g/mol. The molecule has 0 fully saturated rings. The Balaban J connectivity index is 1.88. The van der Waals surface area contributed by atoms with Gasteiger partial charge in [-0.3, -0.25) is 30.6 Å². The van der Waals surface area contributed by atoms with Crippen LogP contribution in [0.3, 0.4) is 0 Å². The first-order chi connectivity index (χ1) is 13.6. The summed E-state index contributed by atoms with van der Waals surface area (Å²) in [5.74, 6) is -1.07. The maximum Gasteiger partial charge on any atom is 0.416 e. The highest BCUT2D eigenvalue weighted by molar-refractivity contribution is 6.30. The quantitative estimate of drug-likeness (QED) is 0.459. The van der Waals surface area contributed by atoms with Crippen molar-refractivity contribution in [3.05, 3.63) is 68.7 Å². The smallest absolute Gasteiger partial charge is 0.352 e. The molecule has 0 atom stereocenters. The maximum absolute atomic E-state index is 12.7. The summed E-state index contributed by atoms with van der Waals surface area (Å²) in [4.78, 5) is 33.6. The van der Waals surface area contributed by atoms with Crippen LogP contribution in [0.15, 0.2) is 42.5 Å². The molecule has 0 bridgehead atoms. The van der Waals surface area contributed by atoms with Crippen molar-refractivity contribution in [1.29, 1.82) is 0 Å². The predicted molar refractivity (Wildman–Crippen MR) is 98.3 cm³/mol. The monoisotopic (exact) mass is 430 g/mol. The second-order valence-corrected chi connectivity index (χ2v) is 6.11. The normalized spacial score (nSPS) is 10.9. The Hall–Kier alpha value is -3.34. The molecule has 2 aromatic carbocycles. The summed E-state index contributed by atoms with van der Waals surface area (Å²) in [5, 5.41) is 13.9. The van der Waals surface area contributed by atoms with E-state index in [9.17, 15) is 32.9 Å². The molecule has 154 valence electrons. The van der Waals surface area contributed by atoms with Gasteiger partial charge in [-0.25, -0.2) is 0 Å². The summed E-state index contributed by atoms with van der Waals surface area (Å²) in [6.45, 7) is -0.0376. The van der Waals surface area contributed by atoms with Gasteiger partial charge in [-0.1, -0.05) is 11.6 Å². The molecule has 0 aliphatic heterocycles. The summed E-state index contributed by atoms with van der Waals surface area (Å²) in [5.41, 5.74) is 2.33. The van der Waals surface area contributed by atoms with Crippen LogP contribution in [0.5, 0.6) is 0 Å². The minimum Gasteiger partial charge on any atom is -0.352 e. The summed E-state index contributed by atoms with van der Waals surface area (Å²) >= 11 is 5.72. The molecule has 2 rings (SSSR count). The molecule has 0 aliphatic carbocycles. The van der Waals surface area contributed by atoms with Crippen molar-refractivity contribution in [3.8, 4) is 0 Å². The lowest BCUT2D eigenvalue weighted by atomic mass is 10.1. The van der Waals surface area contributed by atoms with E-state index in [2.05, 4.69) is 16.2 Å². The Kier molecular flexibility index (Phi) is 6.99. The molecule has 0 saturated carbocycles. The molecule has 0 saturated heterocycles. The number of hydrogen-bond acceptors (Lipinski definition) is 5. The molecular formula is C17H14ClF3N4O4. The Morgan fingerprint density at radius 2 is 1.76 bits per heavy atom. The first-order valence-electron chi connectivity index (χ1n) is 8.02. The van der Waals surface area contributed by atoms with Crippen molar-refractivity contribution in [2.45, 2.75) is 12.6 Å². The summed E-state index contributed by atoms with van der Waals surface area (Å²) in [6.07, 6.45) is -4.92. The number of benzene rings is 2. The van der Waals surface area contributed by atoms with Crippen LogP contribution in [-0.2, 0) is 11.0 Å². The van der Waals surface area contributed by atoms with Gasteiger partial charge in [-0.2, -0.15) is 13.2 Å². The number of halogens is 4. The third-order valence-electron chi connectivity index (χ3n) is 3.60. The first kappa shape index (κ1) is 22.0. The van der Waals surface area contributed by atoms with E-state index in [0.717, 1.165) is 6.07 Å². The molecule has 2 aromatic rings. The van der Waals surface area contributed by atoms with Crippen LogP contribution in [0, 0.1) is 10.1 Å². The van der Waals surface area contributed by atoms with Gasteiger partial charge in [0.15, 0.2) is 0 Å². The van der Waals surface area contributed by atoms with Crippen LogP contribution >= 0.6 is 11.6 Å². The summed E-state index contributed by atoms with van der Waals surface area (Å²) in [6, 6.07) is 7.92. The predicted octanol–water partition coefficient (Wildman–Crippen LogP) is 3.53. The molecule has 0 spiro atoms. The number of alkyl halides is 3. The molecular weight excluding hydrogens is 417 g/mol. The van der Waals surface area contributed by atoms with Gasteiger partial charge >= 0.3 is 6.18 Å². The molecule has 0 unspecified atom stereocenters. The number of amides is 2. The fourth-order valence-electron chi connectivity index (χ4n) is 2.16. The second-order valence-electron chi connectivity index (χ2n) is 5.67. The lowest BCUT2D eigenvalue weighted by molar-refractivity contribution is -0.384. The molecule has 29 heavy (non-hydrogen) atoms. The molecule has 0 radical (unpaired) electrons. The van der Waals surface area contributed by atoms with Crippen molar-refractivity contribution in [2.24, 2.45) is 0 Å². The third kappa shape index (κ3) is 6.35. The number of nitrogens with zero attached hydrogens (tertiary/aromatic N) is 1. The van der Waals surface area contributed by atoms with E-state index in [-0.39, 0.29) is 18.7 Å². The van der Waals surface area contributed by atoms with Crippen LogP contribution in [0.2, 0.25) is 5.02 Å². The number of carbonyl (C=O) groups is 2. The first-order valence-corrected chi connectivity index (χ1v) is 8.40. The van der Waals surface area contributed by atoms with E-state index in [0.29, 0.717) is 22.7 Å². The van der Waals surface area contributed by atoms with E-state index in [1.165, 1.54) is 24.3 Å². The minimum absolute atomic E-state index is 0.0376. The summed E-state index contributed by atoms with van der Waals surface area (Å²) in [7, 11) is 0. The average Bonchev–Trinajstić information content (AvgIpc) is 2.65. The van der Waals surface area contributed by atoms with Crippen LogP contribution in [0.25, 0.3) is 0 Å². The van der Waals surface area contributed by atoms with E-state index in [1.54, 1.807) is 0 Å². The Bertz CT molecular complexity index is 920. The van der Waals surface area contributed by atoms with Gasteiger partial charge in [0.05, 0.1) is 10.5 Å². The molecule has 12 heteroatoms. The topological polar surface area (TPSA) is 113 Å². The lowest BCUT2D eigenvalue weighted by Crippen LogP contribution is -2.33. The van der Waals surface area contributed by atoms with Crippen molar-refractivity contribution in [1.82, 2.24) is 10.7 Å². The standard InChI is InChI=1S/C17H14ClF3N4O4/c18-12-4-1-10(2-5-12)16(27)22-8-7-15(26)24-23-13-6-3-11(17(19,20)21)9-14(13)25(28)29/h1-6,9,23H,7-8H2,(H,22,27)(H,24,26). The SMILES string of the molecule is O=C(CCNC(=O)c1ccc(Cl)cc1)NNc1ccc(C(F)(F)F)cc1[N+](=O)[O-]. The largest absolute Gasteiger partial charge is 0.416 e. The number of rotatable bonds is 7. The minimum atomic E-state index is -4.74. The molecule has 2 amide bonds. The Morgan fingerprint density at radius 3 is 2.34 bits per heavy atom. The van der Waals surface area contributed by atoms with Crippen molar-refractivity contribution >= 4 is 34.8 Å². The molecule has 8 nitrogen and oxygen atoms in total. The highest BCUT2D eigenvalue weighted by atomic mass is 35.5. The van der Waals surface area contributed by atoms with Crippen molar-refractivity contribution < 1.29 is 27.7 Å². The fraction of sp³-hybridized carbons (Fsp3) is 0.176. The molecule has 0 aromatic heterocycles. The molecule has 3 N–H and O–H groups in total. The van der Waals surface area contributed by atoms with E-state index in [4.69, 9.17) is 11.6 Å². The van der Waals surface area contributed by atoms with Gasteiger partial charge in [0.25, 0.3) is 11.6 Å². The molecule has 0 aliphatic rings. The Labute approximate surface area is 167 Å². The van der Waals surface area contributed by atoms with Gasteiger partial charge < -0.3 is 5.32 Å². The van der Waals surface area contributed by atoms with Gasteiger partial charge in [-0.15, -0.1) is 0 Å². The van der Waals surface area contributed by atoms with E-state index in [1.807, 2.05) is 0 Å². The Morgan fingerprint density at radius 1 is 1.10 bits per heavy atom. The second kappa shape index (κ2) is 9.24. The van der Waals surface area contributed by atoms with Crippen molar-refractivity contribution in [2.75, 3.05) is 12.0 Å². The van der Waals surface area contributed by atoms with E-state index >= 15 is 0 Å². The van der Waals surface area contributed by atoms with Gasteiger partial charge in [0.2, 0.25) is 5.91 Å². The zero-order chi connectivity index (χ0) is 21.6. The fourth-order valence-corrected chi connectivity index (χ4v) is 2.28. The number of hydrazine groups is 1. The zero-order valence-corrected chi connectivity index (χ0v) is 15.3. The van der Waals surface area contributed by atoms with Gasteiger partial charge in [-0.05, 0) is 36.4 Å².